The topological polar surface area (TPSA) is 18.5 Å². The first kappa shape index (κ1) is 13.4. The number of hydrogen-bond acceptors (Lipinski definition) is 2. The van der Waals surface area contributed by atoms with E-state index < -0.39 is 18.4 Å². The van der Waals surface area contributed by atoms with Gasteiger partial charge in [-0.2, -0.15) is 0 Å². The molecule has 0 N–H and O–H groups in total. The Labute approximate surface area is 102 Å². The predicted octanol–water partition coefficient (Wildman–Crippen LogP) is 3.59. The molecule has 0 saturated heterocycles. The van der Waals surface area contributed by atoms with Gasteiger partial charge in [0, 0.05) is 0 Å². The first-order chi connectivity index (χ1) is 7.46. The van der Waals surface area contributed by atoms with Gasteiger partial charge < -0.3 is 0 Å². The van der Waals surface area contributed by atoms with Crippen molar-refractivity contribution in [2.45, 2.75) is 14.8 Å². The molecule has 0 aromatic heterocycles. The van der Waals surface area contributed by atoms with E-state index in [9.17, 15) is 0 Å². The molecule has 0 spiro atoms. The van der Waals surface area contributed by atoms with Gasteiger partial charge in [-0.25, -0.2) is 0 Å². The Kier molecular flexibility index (Phi) is 4.71. The summed E-state index contributed by atoms with van der Waals surface area (Å²) in [5.41, 5.74) is 1.17. The number of methoxy groups -OCH3 is 2. The maximum absolute atomic E-state index is 5.27. The Morgan fingerprint density at radius 3 is 2.12 bits per heavy atom. The van der Waals surface area contributed by atoms with Crippen LogP contribution in [0.2, 0.25) is 14.8 Å². The second-order valence-corrected chi connectivity index (χ2v) is 19.3. The quantitative estimate of drug-likeness (QED) is 0.787. The molecule has 0 saturated carbocycles. The van der Waals surface area contributed by atoms with Gasteiger partial charge in [0.2, 0.25) is 0 Å². The zero-order valence-electron chi connectivity index (χ0n) is 10.7. The van der Waals surface area contributed by atoms with E-state index >= 15 is 0 Å². The van der Waals surface area contributed by atoms with Crippen molar-refractivity contribution in [3.05, 3.63) is 27.9 Å². The van der Waals surface area contributed by atoms with Crippen molar-refractivity contribution in [1.29, 1.82) is 0 Å². The number of hydrogen-bond donors (Lipinski definition) is 0. The number of benzene rings is 1. The first-order valence-electron chi connectivity index (χ1n) is 5.37. The van der Waals surface area contributed by atoms with Gasteiger partial charge in [0.1, 0.15) is 0 Å². The molecule has 0 aliphatic heterocycles. The molecular weight excluding hydrogens is 307 g/mol. The van der Waals surface area contributed by atoms with Crippen molar-refractivity contribution in [3.63, 3.8) is 0 Å². The van der Waals surface area contributed by atoms with Crippen LogP contribution in [0.1, 0.15) is 5.56 Å². The average Bonchev–Trinajstić information content (AvgIpc) is 2.25. The van der Waals surface area contributed by atoms with Gasteiger partial charge in [-0.05, 0) is 0 Å². The molecule has 0 atom stereocenters. The minimum absolute atomic E-state index is 0.777. The maximum atomic E-state index is 5.27. The fraction of sp³-hybridized carbons (Fsp3) is 0.385. The van der Waals surface area contributed by atoms with Crippen molar-refractivity contribution in [2.24, 2.45) is 0 Å². The Morgan fingerprint density at radius 2 is 1.62 bits per heavy atom. The average molecular weight is 327 g/mol. The van der Waals surface area contributed by atoms with Crippen LogP contribution in [0.4, 0.5) is 0 Å². The van der Waals surface area contributed by atoms with E-state index in [2.05, 4.69) is 31.1 Å². The third-order valence-corrected chi connectivity index (χ3v) is 5.51. The van der Waals surface area contributed by atoms with E-state index in [0.717, 1.165) is 11.5 Å². The molecule has 1 aromatic rings. The van der Waals surface area contributed by atoms with Gasteiger partial charge in [0.05, 0.1) is 0 Å². The molecule has 2 nitrogen and oxygen atoms in total. The van der Waals surface area contributed by atoms with Crippen molar-refractivity contribution >= 4 is 24.5 Å². The van der Waals surface area contributed by atoms with E-state index in [4.69, 9.17) is 9.47 Å². The second kappa shape index (κ2) is 5.62. The molecule has 1 aromatic carbocycles. The summed E-state index contributed by atoms with van der Waals surface area (Å²) in [6.07, 6.45) is 2.19. The number of ether oxygens (including phenoxy) is 2. The van der Waals surface area contributed by atoms with Crippen molar-refractivity contribution < 1.29 is 9.47 Å². The molecule has 0 bridgehead atoms. The van der Waals surface area contributed by atoms with Crippen molar-refractivity contribution in [3.8, 4) is 11.5 Å². The summed E-state index contributed by atoms with van der Waals surface area (Å²) >= 11 is -1.82. The summed E-state index contributed by atoms with van der Waals surface area (Å²) < 4.78 is 12.9. The number of rotatable bonds is 4. The van der Waals surface area contributed by atoms with E-state index in [0.29, 0.717) is 0 Å². The summed E-state index contributed by atoms with van der Waals surface area (Å²) in [4.78, 5) is 7.14. The molecular formula is C13H20O2Sn. The van der Waals surface area contributed by atoms with Crippen LogP contribution in [0.15, 0.2) is 22.3 Å². The van der Waals surface area contributed by atoms with Crippen LogP contribution < -0.4 is 9.47 Å². The van der Waals surface area contributed by atoms with E-state index in [1.807, 2.05) is 12.1 Å². The van der Waals surface area contributed by atoms with Crippen LogP contribution in [0.25, 0.3) is 6.08 Å². The fourth-order valence-electron chi connectivity index (χ4n) is 1.30. The van der Waals surface area contributed by atoms with Gasteiger partial charge in [0.15, 0.2) is 0 Å². The third kappa shape index (κ3) is 4.08. The van der Waals surface area contributed by atoms with Crippen LogP contribution in [0, 0.1) is 0 Å². The summed E-state index contributed by atoms with van der Waals surface area (Å²) in [6, 6.07) is 6.00. The van der Waals surface area contributed by atoms with Crippen LogP contribution in [0.3, 0.4) is 0 Å². The monoisotopic (exact) mass is 328 g/mol. The molecule has 0 radical (unpaired) electrons. The minimum atomic E-state index is -1.82. The zero-order chi connectivity index (χ0) is 12.2. The first-order valence-corrected chi connectivity index (χ1v) is 15.6. The SMILES string of the molecule is COc1ccc(/C=[CH]/[Sn]([CH3])([CH3])[CH3])cc1OC. The molecule has 16 heavy (non-hydrogen) atoms. The van der Waals surface area contributed by atoms with Crippen molar-refractivity contribution in [1.82, 2.24) is 0 Å². The van der Waals surface area contributed by atoms with Crippen LogP contribution in [-0.2, 0) is 0 Å². The van der Waals surface area contributed by atoms with E-state index in [-0.39, 0.29) is 0 Å². The summed E-state index contributed by atoms with van der Waals surface area (Å²) in [6.45, 7) is 0. The van der Waals surface area contributed by atoms with Gasteiger partial charge in [-0.3, -0.25) is 0 Å². The van der Waals surface area contributed by atoms with Gasteiger partial charge in [0.25, 0.3) is 0 Å². The molecule has 0 amide bonds. The van der Waals surface area contributed by atoms with Crippen LogP contribution in [0.5, 0.6) is 11.5 Å². The Bertz CT molecular complexity index is 378. The Morgan fingerprint density at radius 1 is 1.00 bits per heavy atom. The molecule has 0 heterocycles. The van der Waals surface area contributed by atoms with Gasteiger partial charge >= 0.3 is 102 Å². The van der Waals surface area contributed by atoms with Gasteiger partial charge in [-0.1, -0.05) is 0 Å². The molecule has 1 rings (SSSR count). The molecule has 88 valence electrons. The Hall–Kier alpha value is -0.641. The van der Waals surface area contributed by atoms with Crippen molar-refractivity contribution in [2.75, 3.05) is 14.2 Å². The molecule has 3 heteroatoms. The summed E-state index contributed by atoms with van der Waals surface area (Å²) in [7, 11) is 3.31. The Balaban J connectivity index is 2.96. The normalized spacial score (nSPS) is 11.8. The third-order valence-electron chi connectivity index (χ3n) is 2.18. The zero-order valence-corrected chi connectivity index (χ0v) is 13.6. The van der Waals surface area contributed by atoms with E-state index in [1.54, 1.807) is 14.2 Å². The molecule has 0 aliphatic rings. The van der Waals surface area contributed by atoms with Gasteiger partial charge in [-0.15, -0.1) is 0 Å². The van der Waals surface area contributed by atoms with E-state index in [1.165, 1.54) is 5.56 Å². The molecule has 0 fully saturated rings. The van der Waals surface area contributed by atoms with Crippen LogP contribution >= 0.6 is 0 Å². The standard InChI is InChI=1S/C10H11O2.3CH3.Sn/c1-4-8-5-6-9(11-2)10(7-8)12-3;;;;/h1,4-7H,2-3H3;3*1H3;. The predicted molar refractivity (Wildman–Crippen MR) is 71.9 cm³/mol. The van der Waals surface area contributed by atoms with Crippen LogP contribution in [-0.4, -0.2) is 32.6 Å². The molecule has 0 aliphatic carbocycles. The fourth-order valence-corrected chi connectivity index (χ4v) is 3.28. The summed E-state index contributed by atoms with van der Waals surface area (Å²) in [5.74, 6) is 1.56. The second-order valence-electron chi connectivity index (χ2n) is 4.81. The molecule has 0 unspecified atom stereocenters. The summed E-state index contributed by atoms with van der Waals surface area (Å²) in [5, 5.41) is 0.